The summed E-state index contributed by atoms with van der Waals surface area (Å²) in [6.45, 7) is 4.28. The van der Waals surface area contributed by atoms with Crippen molar-refractivity contribution in [1.29, 1.82) is 0 Å². The van der Waals surface area contributed by atoms with Crippen LogP contribution in [0.25, 0.3) is 0 Å². The Morgan fingerprint density at radius 2 is 2.04 bits per heavy atom. The molecule has 0 fully saturated rings. The fourth-order valence-corrected chi connectivity index (χ4v) is 4.16. The van der Waals surface area contributed by atoms with E-state index < -0.39 is 11.8 Å². The highest BCUT2D eigenvalue weighted by Gasteiger charge is 2.43. The van der Waals surface area contributed by atoms with E-state index in [-0.39, 0.29) is 18.4 Å². The molecule has 0 saturated carbocycles. The lowest BCUT2D eigenvalue weighted by atomic mass is 9.71. The molecule has 28 heavy (non-hydrogen) atoms. The average molecular weight is 385 g/mol. The lowest BCUT2D eigenvalue weighted by molar-refractivity contribution is -0.146. The second-order valence-corrected chi connectivity index (χ2v) is 7.10. The van der Waals surface area contributed by atoms with Gasteiger partial charge in [-0.15, -0.1) is 0 Å². The number of rotatable bonds is 6. The maximum atomic E-state index is 12.9. The molecule has 2 aliphatic rings. The summed E-state index contributed by atoms with van der Waals surface area (Å²) in [5.41, 5.74) is 3.91. The maximum absolute atomic E-state index is 12.9. The Labute approximate surface area is 165 Å². The number of benzene rings is 1. The molecule has 0 amide bonds. The minimum absolute atomic E-state index is 0.0703. The van der Waals surface area contributed by atoms with Crippen LogP contribution in [0.4, 0.5) is 0 Å². The van der Waals surface area contributed by atoms with Gasteiger partial charge in [0.05, 0.1) is 20.3 Å². The van der Waals surface area contributed by atoms with E-state index in [0.29, 0.717) is 30.1 Å². The van der Waals surface area contributed by atoms with Crippen molar-refractivity contribution in [2.45, 2.75) is 45.6 Å². The van der Waals surface area contributed by atoms with Crippen molar-refractivity contribution >= 4 is 17.5 Å². The highest BCUT2D eigenvalue weighted by Crippen LogP contribution is 2.44. The number of hydrogen-bond acceptors (Lipinski definition) is 6. The molecule has 3 rings (SSSR count). The van der Waals surface area contributed by atoms with Crippen LogP contribution >= 0.6 is 0 Å². The predicted octanol–water partition coefficient (Wildman–Crippen LogP) is 3.59. The van der Waals surface area contributed by atoms with Gasteiger partial charge in [0.25, 0.3) is 0 Å². The number of esters is 1. The van der Waals surface area contributed by atoms with Crippen molar-refractivity contribution in [2.75, 3.05) is 20.8 Å². The third-order valence-electron chi connectivity index (χ3n) is 5.34. The molecule has 1 aliphatic heterocycles. The number of methoxy groups -OCH3 is 2. The third kappa shape index (κ3) is 3.74. The molecule has 2 atom stereocenters. The van der Waals surface area contributed by atoms with Crippen LogP contribution in [0.5, 0.6) is 5.75 Å². The zero-order chi connectivity index (χ0) is 20.3. The van der Waals surface area contributed by atoms with Gasteiger partial charge in [0.1, 0.15) is 11.7 Å². The van der Waals surface area contributed by atoms with E-state index in [2.05, 4.69) is 4.99 Å². The first kappa shape index (κ1) is 20.3. The van der Waals surface area contributed by atoms with E-state index >= 15 is 0 Å². The highest BCUT2D eigenvalue weighted by atomic mass is 16.5. The molecular formula is C22H27NO5. The van der Waals surface area contributed by atoms with Crippen LogP contribution in [0.1, 0.15) is 50.2 Å². The number of nitrogens with zero attached hydrogens (tertiary/aromatic N) is 1. The molecule has 1 aliphatic carbocycles. The van der Waals surface area contributed by atoms with Gasteiger partial charge >= 0.3 is 5.97 Å². The molecule has 6 nitrogen and oxygen atoms in total. The number of allylic oxidation sites excluding steroid dienone is 2. The summed E-state index contributed by atoms with van der Waals surface area (Å²) in [5.74, 6) is -0.572. The summed E-state index contributed by atoms with van der Waals surface area (Å²) in [6, 6.07) is 5.74. The van der Waals surface area contributed by atoms with Crippen molar-refractivity contribution in [3.05, 3.63) is 40.6 Å². The van der Waals surface area contributed by atoms with Gasteiger partial charge in [0.15, 0.2) is 5.78 Å². The molecule has 0 spiro atoms. The zero-order valence-corrected chi connectivity index (χ0v) is 16.9. The molecule has 1 heterocycles. The summed E-state index contributed by atoms with van der Waals surface area (Å²) in [6.07, 6.45) is 2.04. The normalized spacial score (nSPS) is 21.9. The first-order valence-electron chi connectivity index (χ1n) is 9.65. The number of ether oxygens (including phenoxy) is 3. The summed E-state index contributed by atoms with van der Waals surface area (Å²) >= 11 is 0. The quantitative estimate of drug-likeness (QED) is 0.700. The predicted molar refractivity (Wildman–Crippen MR) is 106 cm³/mol. The SMILES string of the molecule is CCOC(=O)C1C(C)=NC2=C(C(=O)CCC2)[C@H]1c1ccc(OC)c(COC)c1. The summed E-state index contributed by atoms with van der Waals surface area (Å²) in [4.78, 5) is 30.3. The molecule has 0 radical (unpaired) electrons. The largest absolute Gasteiger partial charge is 0.496 e. The summed E-state index contributed by atoms with van der Waals surface area (Å²) in [7, 11) is 3.23. The third-order valence-corrected chi connectivity index (χ3v) is 5.34. The fourth-order valence-electron chi connectivity index (χ4n) is 4.16. The standard InChI is InChI=1S/C22H27NO5/c1-5-28-22(25)19-13(2)23-16-7-6-8-17(24)21(16)20(19)14-9-10-18(27-4)15(11-14)12-26-3/h9-11,19-20H,5-8,12H2,1-4H3/t19?,20-/m0/s1. The molecule has 1 aromatic carbocycles. The average Bonchev–Trinajstić information content (AvgIpc) is 2.67. The Balaban J connectivity index is 2.15. The second kappa shape index (κ2) is 8.69. The van der Waals surface area contributed by atoms with Gasteiger partial charge in [-0.2, -0.15) is 0 Å². The van der Waals surface area contributed by atoms with Crippen molar-refractivity contribution in [2.24, 2.45) is 10.9 Å². The van der Waals surface area contributed by atoms with Gasteiger partial charge in [0.2, 0.25) is 0 Å². The van der Waals surface area contributed by atoms with E-state index in [0.717, 1.165) is 29.7 Å². The molecule has 0 bridgehead atoms. The highest BCUT2D eigenvalue weighted by molar-refractivity contribution is 6.08. The lowest BCUT2D eigenvalue weighted by Crippen LogP contribution is -2.37. The Morgan fingerprint density at radius 3 is 2.71 bits per heavy atom. The molecule has 0 aromatic heterocycles. The second-order valence-electron chi connectivity index (χ2n) is 7.10. The molecule has 0 saturated heterocycles. The number of hydrogen-bond donors (Lipinski definition) is 0. The molecular weight excluding hydrogens is 358 g/mol. The minimum atomic E-state index is -0.607. The zero-order valence-electron chi connectivity index (χ0n) is 16.9. The molecule has 6 heteroatoms. The van der Waals surface area contributed by atoms with E-state index in [9.17, 15) is 9.59 Å². The smallest absolute Gasteiger partial charge is 0.315 e. The van der Waals surface area contributed by atoms with Crippen LogP contribution in [0.2, 0.25) is 0 Å². The number of Topliss-reactive ketones (excluding diaryl/α,β-unsaturated/α-hetero) is 1. The van der Waals surface area contributed by atoms with Gasteiger partial charge in [-0.1, -0.05) is 6.07 Å². The summed E-state index contributed by atoms with van der Waals surface area (Å²) in [5, 5.41) is 0. The lowest BCUT2D eigenvalue weighted by Gasteiger charge is -2.34. The van der Waals surface area contributed by atoms with Crippen molar-refractivity contribution in [3.63, 3.8) is 0 Å². The Hall–Kier alpha value is -2.47. The Bertz CT molecular complexity index is 839. The number of ketones is 1. The van der Waals surface area contributed by atoms with Crippen LogP contribution in [0.15, 0.2) is 34.5 Å². The van der Waals surface area contributed by atoms with E-state index in [1.54, 1.807) is 21.1 Å². The topological polar surface area (TPSA) is 74.2 Å². The van der Waals surface area contributed by atoms with Crippen molar-refractivity contribution in [3.8, 4) is 5.75 Å². The number of carbonyl (C=O) groups is 2. The number of carbonyl (C=O) groups excluding carboxylic acids is 2. The van der Waals surface area contributed by atoms with Gasteiger partial charge in [0, 0.05) is 42.0 Å². The van der Waals surface area contributed by atoms with E-state index in [1.165, 1.54) is 0 Å². The van der Waals surface area contributed by atoms with Gasteiger partial charge in [-0.05, 0) is 44.4 Å². The van der Waals surface area contributed by atoms with Gasteiger partial charge < -0.3 is 14.2 Å². The number of aliphatic imine (C=N–C) groups is 1. The van der Waals surface area contributed by atoms with Crippen LogP contribution < -0.4 is 4.74 Å². The van der Waals surface area contributed by atoms with Crippen molar-refractivity contribution in [1.82, 2.24) is 0 Å². The van der Waals surface area contributed by atoms with Crippen LogP contribution in [0.3, 0.4) is 0 Å². The summed E-state index contributed by atoms with van der Waals surface area (Å²) < 4.78 is 16.1. The molecule has 0 N–H and O–H groups in total. The van der Waals surface area contributed by atoms with Crippen LogP contribution in [-0.4, -0.2) is 38.3 Å². The maximum Gasteiger partial charge on any atom is 0.315 e. The van der Waals surface area contributed by atoms with Crippen LogP contribution in [-0.2, 0) is 25.7 Å². The van der Waals surface area contributed by atoms with Gasteiger partial charge in [-0.25, -0.2) is 0 Å². The molecule has 1 unspecified atom stereocenters. The van der Waals surface area contributed by atoms with Crippen molar-refractivity contribution < 1.29 is 23.8 Å². The van der Waals surface area contributed by atoms with Crippen LogP contribution in [0, 0.1) is 5.92 Å². The van der Waals surface area contributed by atoms with Gasteiger partial charge in [-0.3, -0.25) is 14.6 Å². The van der Waals surface area contributed by atoms with E-state index in [1.807, 2.05) is 25.1 Å². The Morgan fingerprint density at radius 1 is 1.25 bits per heavy atom. The first-order valence-corrected chi connectivity index (χ1v) is 9.65. The Kier molecular flexibility index (Phi) is 6.29. The first-order chi connectivity index (χ1) is 13.5. The molecule has 1 aromatic rings. The van der Waals surface area contributed by atoms with E-state index in [4.69, 9.17) is 14.2 Å². The molecule has 150 valence electrons. The fraction of sp³-hybridized carbons (Fsp3) is 0.500. The monoisotopic (exact) mass is 385 g/mol. The minimum Gasteiger partial charge on any atom is -0.496 e.